The molecule has 0 bridgehead atoms. The maximum Gasteiger partial charge on any atom is -0.0228 e. The van der Waals surface area contributed by atoms with E-state index in [1.165, 1.54) is 44.9 Å². The van der Waals surface area contributed by atoms with E-state index in [2.05, 4.69) is 12.2 Å². The Morgan fingerprint density at radius 2 is 1.40 bits per heavy atom. The van der Waals surface area contributed by atoms with E-state index in [0.717, 1.165) is 5.41 Å². The first kappa shape index (κ1) is 6.45. The monoisotopic (exact) mass is 136 g/mol. The minimum Gasteiger partial charge on any atom is -0.0880 e. The summed E-state index contributed by atoms with van der Waals surface area (Å²) in [4.78, 5) is 0. The fourth-order valence-corrected chi connectivity index (χ4v) is 2.46. The third-order valence-electron chi connectivity index (χ3n) is 3.18. The molecule has 0 aliphatic heterocycles. The molecule has 0 N–H and O–H groups in total. The number of allylic oxidation sites excluding steroid dienone is 2. The Morgan fingerprint density at radius 3 is 2.00 bits per heavy atom. The van der Waals surface area contributed by atoms with Crippen LogP contribution in [0, 0.1) is 5.41 Å². The molecule has 0 aromatic rings. The molecule has 1 fully saturated rings. The van der Waals surface area contributed by atoms with Crippen LogP contribution in [0.1, 0.15) is 44.9 Å². The summed E-state index contributed by atoms with van der Waals surface area (Å²) in [6.07, 6.45) is 15.0. The third-order valence-corrected chi connectivity index (χ3v) is 3.18. The highest BCUT2D eigenvalue weighted by Gasteiger charge is 2.31. The Labute approximate surface area is 63.3 Å². The maximum absolute atomic E-state index is 2.38. The molecule has 0 unspecified atom stereocenters. The number of hydrogen-bond donors (Lipinski definition) is 0. The van der Waals surface area contributed by atoms with Crippen LogP contribution in [-0.2, 0) is 0 Å². The maximum atomic E-state index is 2.38. The molecule has 0 radical (unpaired) electrons. The summed E-state index contributed by atoms with van der Waals surface area (Å²) in [7, 11) is 0. The van der Waals surface area contributed by atoms with E-state index in [0.29, 0.717) is 0 Å². The van der Waals surface area contributed by atoms with Gasteiger partial charge in [0.2, 0.25) is 0 Å². The third kappa shape index (κ3) is 1.00. The predicted molar refractivity (Wildman–Crippen MR) is 43.9 cm³/mol. The van der Waals surface area contributed by atoms with E-state index in [1.54, 1.807) is 0 Å². The lowest BCUT2D eigenvalue weighted by Crippen LogP contribution is -2.19. The topological polar surface area (TPSA) is 0 Å². The van der Waals surface area contributed by atoms with Crippen LogP contribution in [0.15, 0.2) is 12.2 Å². The Hall–Kier alpha value is -0.260. The first-order valence-electron chi connectivity index (χ1n) is 4.56. The lowest BCUT2D eigenvalue weighted by atomic mass is 9.72. The van der Waals surface area contributed by atoms with Gasteiger partial charge in [0.05, 0.1) is 0 Å². The Bertz CT molecular complexity index is 128. The zero-order chi connectivity index (χ0) is 6.86. The summed E-state index contributed by atoms with van der Waals surface area (Å²) < 4.78 is 0. The van der Waals surface area contributed by atoms with Crippen molar-refractivity contribution in [2.45, 2.75) is 44.9 Å². The normalized spacial score (nSPS) is 29.6. The predicted octanol–water partition coefficient (Wildman–Crippen LogP) is 3.29. The van der Waals surface area contributed by atoms with Crippen molar-refractivity contribution in [3.8, 4) is 0 Å². The Balaban J connectivity index is 2.00. The van der Waals surface area contributed by atoms with Gasteiger partial charge in [-0.05, 0) is 31.1 Å². The summed E-state index contributed by atoms with van der Waals surface area (Å²) in [5, 5.41) is 0. The molecular formula is C10H16. The van der Waals surface area contributed by atoms with Crippen molar-refractivity contribution in [3.05, 3.63) is 12.2 Å². The second-order valence-corrected chi connectivity index (χ2v) is 3.94. The van der Waals surface area contributed by atoms with Gasteiger partial charge in [0.25, 0.3) is 0 Å². The van der Waals surface area contributed by atoms with Crippen molar-refractivity contribution in [1.29, 1.82) is 0 Å². The van der Waals surface area contributed by atoms with E-state index in [4.69, 9.17) is 0 Å². The highest BCUT2D eigenvalue weighted by atomic mass is 14.4. The van der Waals surface area contributed by atoms with Crippen molar-refractivity contribution in [3.63, 3.8) is 0 Å². The SMILES string of the molecule is C1=CCC2(C1)CCCCC2. The van der Waals surface area contributed by atoms with Crippen molar-refractivity contribution in [2.75, 3.05) is 0 Å². The van der Waals surface area contributed by atoms with Gasteiger partial charge in [-0.1, -0.05) is 31.4 Å². The molecule has 0 amide bonds. The summed E-state index contributed by atoms with van der Waals surface area (Å²) >= 11 is 0. The van der Waals surface area contributed by atoms with Gasteiger partial charge in [-0.25, -0.2) is 0 Å². The van der Waals surface area contributed by atoms with E-state index in [9.17, 15) is 0 Å². The van der Waals surface area contributed by atoms with Gasteiger partial charge in [-0.15, -0.1) is 0 Å². The molecule has 0 saturated heterocycles. The van der Waals surface area contributed by atoms with Gasteiger partial charge < -0.3 is 0 Å². The first-order valence-corrected chi connectivity index (χ1v) is 4.56. The molecule has 0 heterocycles. The Kier molecular flexibility index (Phi) is 1.55. The van der Waals surface area contributed by atoms with E-state index < -0.39 is 0 Å². The lowest BCUT2D eigenvalue weighted by Gasteiger charge is -2.32. The van der Waals surface area contributed by atoms with E-state index in [-0.39, 0.29) is 0 Å². The largest absolute Gasteiger partial charge is 0.0880 e. The van der Waals surface area contributed by atoms with Crippen LogP contribution in [0.25, 0.3) is 0 Å². The molecule has 0 nitrogen and oxygen atoms in total. The van der Waals surface area contributed by atoms with Crippen LogP contribution in [-0.4, -0.2) is 0 Å². The summed E-state index contributed by atoms with van der Waals surface area (Å²) in [5.41, 5.74) is 0.762. The lowest BCUT2D eigenvalue weighted by molar-refractivity contribution is 0.206. The molecule has 10 heavy (non-hydrogen) atoms. The molecule has 1 saturated carbocycles. The fourth-order valence-electron chi connectivity index (χ4n) is 2.46. The van der Waals surface area contributed by atoms with Crippen LogP contribution in [0.4, 0.5) is 0 Å². The molecule has 0 aromatic heterocycles. The van der Waals surface area contributed by atoms with Crippen molar-refractivity contribution in [2.24, 2.45) is 5.41 Å². The molecular weight excluding hydrogens is 120 g/mol. The van der Waals surface area contributed by atoms with Gasteiger partial charge in [-0.2, -0.15) is 0 Å². The first-order chi connectivity index (χ1) is 4.91. The molecule has 2 rings (SSSR count). The molecule has 0 aromatic carbocycles. The molecule has 2 aliphatic carbocycles. The second kappa shape index (κ2) is 2.41. The summed E-state index contributed by atoms with van der Waals surface area (Å²) in [6.45, 7) is 0. The van der Waals surface area contributed by atoms with Crippen LogP contribution in [0.3, 0.4) is 0 Å². The van der Waals surface area contributed by atoms with Crippen LogP contribution in [0.2, 0.25) is 0 Å². The highest BCUT2D eigenvalue weighted by Crippen LogP contribution is 2.45. The Morgan fingerprint density at radius 1 is 0.800 bits per heavy atom. The fraction of sp³-hybridized carbons (Fsp3) is 0.800. The van der Waals surface area contributed by atoms with Gasteiger partial charge in [-0.3, -0.25) is 0 Å². The van der Waals surface area contributed by atoms with Gasteiger partial charge in [0.15, 0.2) is 0 Å². The average Bonchev–Trinajstić information content (AvgIpc) is 2.39. The zero-order valence-electron chi connectivity index (χ0n) is 6.60. The van der Waals surface area contributed by atoms with Crippen LogP contribution < -0.4 is 0 Å². The van der Waals surface area contributed by atoms with Gasteiger partial charge >= 0.3 is 0 Å². The number of rotatable bonds is 0. The zero-order valence-corrected chi connectivity index (χ0v) is 6.60. The van der Waals surface area contributed by atoms with Crippen molar-refractivity contribution >= 4 is 0 Å². The average molecular weight is 136 g/mol. The number of hydrogen-bond acceptors (Lipinski definition) is 0. The summed E-state index contributed by atoms with van der Waals surface area (Å²) in [5.74, 6) is 0. The quantitative estimate of drug-likeness (QED) is 0.448. The smallest absolute Gasteiger partial charge is 0.0228 e. The van der Waals surface area contributed by atoms with E-state index >= 15 is 0 Å². The second-order valence-electron chi connectivity index (χ2n) is 3.94. The standard InChI is InChI=1S/C10H16/c1-2-6-10(7-3-1)8-4-5-9-10/h4-5H,1-3,6-9H2. The highest BCUT2D eigenvalue weighted by molar-refractivity contribution is 5.03. The molecule has 1 spiro atoms. The van der Waals surface area contributed by atoms with Gasteiger partial charge in [0.1, 0.15) is 0 Å². The van der Waals surface area contributed by atoms with Crippen LogP contribution in [0.5, 0.6) is 0 Å². The van der Waals surface area contributed by atoms with Gasteiger partial charge in [0, 0.05) is 0 Å². The van der Waals surface area contributed by atoms with Crippen molar-refractivity contribution in [1.82, 2.24) is 0 Å². The van der Waals surface area contributed by atoms with Crippen molar-refractivity contribution < 1.29 is 0 Å². The summed E-state index contributed by atoms with van der Waals surface area (Å²) in [6, 6.07) is 0. The van der Waals surface area contributed by atoms with Crippen LogP contribution >= 0.6 is 0 Å². The molecule has 0 heteroatoms. The minimum absolute atomic E-state index is 0.762. The molecule has 2 aliphatic rings. The molecule has 0 atom stereocenters. The molecule has 56 valence electrons. The van der Waals surface area contributed by atoms with E-state index in [1.807, 2.05) is 0 Å². The minimum atomic E-state index is 0.762.